The van der Waals surface area contributed by atoms with Crippen molar-refractivity contribution in [2.45, 2.75) is 25.0 Å². The number of hydrogen-bond donors (Lipinski definition) is 2. The van der Waals surface area contributed by atoms with E-state index in [0.29, 0.717) is 45.6 Å². The van der Waals surface area contributed by atoms with Crippen LogP contribution < -0.4 is 14.2 Å². The summed E-state index contributed by atoms with van der Waals surface area (Å²) in [6.07, 6.45) is -0.00110. The molecule has 2 aromatic rings. The summed E-state index contributed by atoms with van der Waals surface area (Å²) >= 11 is 1.26. The summed E-state index contributed by atoms with van der Waals surface area (Å²) in [5.41, 5.74) is -0.0793. The van der Waals surface area contributed by atoms with Crippen LogP contribution in [0.3, 0.4) is 0 Å². The molecule has 33 heavy (non-hydrogen) atoms. The number of rotatable bonds is 6. The summed E-state index contributed by atoms with van der Waals surface area (Å²) in [5.74, 6) is 0.590. The SMILES string of the molecule is CCOc1cc([C@H]2CC(=O)N3C(=C2C#N)SC[C@@]3(O)c2ccc(OC)c(OC)c2)ccc1O. The Hall–Kier alpha value is -3.35. The molecule has 2 aliphatic rings. The van der Waals surface area contributed by atoms with E-state index in [9.17, 15) is 20.3 Å². The summed E-state index contributed by atoms with van der Waals surface area (Å²) in [4.78, 5) is 14.7. The smallest absolute Gasteiger partial charge is 0.231 e. The number of fused-ring (bicyclic) bond motifs is 1. The Kier molecular flexibility index (Phi) is 6.15. The molecular formula is C24H24N2O6S. The number of nitriles is 1. The third-order valence-electron chi connectivity index (χ3n) is 5.84. The van der Waals surface area contributed by atoms with E-state index in [1.807, 2.05) is 0 Å². The van der Waals surface area contributed by atoms with Gasteiger partial charge in [0.15, 0.2) is 28.7 Å². The highest BCUT2D eigenvalue weighted by atomic mass is 32.2. The normalized spacial score (nSPS) is 22.1. The molecule has 0 bridgehead atoms. The molecule has 0 radical (unpaired) electrons. The number of phenolic OH excluding ortho intramolecular Hbond substituents is 1. The van der Waals surface area contributed by atoms with Gasteiger partial charge in [-0.25, -0.2) is 0 Å². The van der Waals surface area contributed by atoms with E-state index >= 15 is 0 Å². The van der Waals surface area contributed by atoms with Crippen LogP contribution in [-0.2, 0) is 10.5 Å². The van der Waals surface area contributed by atoms with Crippen LogP contribution in [0.1, 0.15) is 30.4 Å². The van der Waals surface area contributed by atoms with Crippen LogP contribution in [-0.4, -0.2) is 47.6 Å². The number of benzene rings is 2. The Labute approximate surface area is 196 Å². The van der Waals surface area contributed by atoms with Gasteiger partial charge < -0.3 is 24.4 Å². The van der Waals surface area contributed by atoms with E-state index in [4.69, 9.17) is 14.2 Å². The highest BCUT2D eigenvalue weighted by Crippen LogP contribution is 2.52. The van der Waals surface area contributed by atoms with E-state index in [1.54, 1.807) is 37.3 Å². The molecule has 2 aliphatic heterocycles. The molecule has 2 aromatic carbocycles. The van der Waals surface area contributed by atoms with Gasteiger partial charge in [0.05, 0.1) is 43.3 Å². The topological polar surface area (TPSA) is 112 Å². The first kappa shape index (κ1) is 22.8. The second kappa shape index (κ2) is 8.89. The molecule has 1 amide bonds. The van der Waals surface area contributed by atoms with E-state index in [0.717, 1.165) is 0 Å². The van der Waals surface area contributed by atoms with Gasteiger partial charge >= 0.3 is 0 Å². The van der Waals surface area contributed by atoms with Crippen LogP contribution in [0, 0.1) is 11.3 Å². The maximum absolute atomic E-state index is 13.3. The standard InChI is InChI=1S/C24H24N2O6S/c1-4-32-20-9-14(5-7-18(20)27)16-11-22(28)26-23(17(16)12-25)33-13-24(26,29)15-6-8-19(30-2)21(10-15)31-3/h5-10,16,27,29H,4,11,13H2,1-3H3/t16-,24-/m1/s1. The molecule has 0 spiro atoms. The van der Waals surface area contributed by atoms with E-state index in [2.05, 4.69) is 6.07 Å². The highest BCUT2D eigenvalue weighted by Gasteiger charge is 2.52. The van der Waals surface area contributed by atoms with Gasteiger partial charge in [-0.3, -0.25) is 9.69 Å². The van der Waals surface area contributed by atoms with Crippen LogP contribution in [0.25, 0.3) is 0 Å². The largest absolute Gasteiger partial charge is 0.504 e. The Morgan fingerprint density at radius 1 is 1.18 bits per heavy atom. The maximum atomic E-state index is 13.3. The van der Waals surface area contributed by atoms with Crippen molar-refractivity contribution in [3.63, 3.8) is 0 Å². The Morgan fingerprint density at radius 3 is 2.61 bits per heavy atom. The molecule has 0 aromatic heterocycles. The van der Waals surface area contributed by atoms with Gasteiger partial charge in [0.1, 0.15) is 0 Å². The number of hydrogen-bond acceptors (Lipinski definition) is 8. The van der Waals surface area contributed by atoms with Crippen LogP contribution in [0.2, 0.25) is 0 Å². The van der Waals surface area contributed by atoms with Gasteiger partial charge in [-0.2, -0.15) is 5.26 Å². The number of carbonyl (C=O) groups excluding carboxylic acids is 1. The van der Waals surface area contributed by atoms with E-state index in [-0.39, 0.29) is 23.8 Å². The number of carbonyl (C=O) groups is 1. The summed E-state index contributed by atoms with van der Waals surface area (Å²) in [5, 5.41) is 32.1. The molecule has 1 saturated heterocycles. The van der Waals surface area contributed by atoms with Gasteiger partial charge in [-0.05, 0) is 36.8 Å². The molecule has 0 saturated carbocycles. The molecule has 1 fully saturated rings. The fourth-order valence-electron chi connectivity index (χ4n) is 4.23. The predicted molar refractivity (Wildman–Crippen MR) is 122 cm³/mol. The van der Waals surface area contributed by atoms with Crippen molar-refractivity contribution in [2.24, 2.45) is 0 Å². The van der Waals surface area contributed by atoms with Gasteiger partial charge in [0.25, 0.3) is 0 Å². The van der Waals surface area contributed by atoms with Crippen molar-refractivity contribution in [2.75, 3.05) is 26.6 Å². The lowest BCUT2D eigenvalue weighted by atomic mass is 9.85. The lowest BCUT2D eigenvalue weighted by molar-refractivity contribution is -0.149. The number of allylic oxidation sites excluding steroid dienone is 1. The average Bonchev–Trinajstić information content (AvgIpc) is 3.19. The van der Waals surface area contributed by atoms with Crippen molar-refractivity contribution in [3.05, 3.63) is 58.1 Å². The number of aliphatic hydroxyl groups is 1. The van der Waals surface area contributed by atoms with Crippen molar-refractivity contribution in [1.29, 1.82) is 5.26 Å². The zero-order valence-electron chi connectivity index (χ0n) is 18.5. The fraction of sp³-hybridized carbons (Fsp3) is 0.333. The third-order valence-corrected chi connectivity index (χ3v) is 7.07. The lowest BCUT2D eigenvalue weighted by Crippen LogP contribution is -2.48. The quantitative estimate of drug-likeness (QED) is 0.663. The number of nitrogens with zero attached hydrogens (tertiary/aromatic N) is 2. The summed E-state index contributed by atoms with van der Waals surface area (Å²) in [7, 11) is 3.02. The van der Waals surface area contributed by atoms with Crippen LogP contribution in [0.15, 0.2) is 47.0 Å². The highest BCUT2D eigenvalue weighted by molar-refractivity contribution is 8.03. The minimum absolute atomic E-state index is 0.00110. The summed E-state index contributed by atoms with van der Waals surface area (Å²) < 4.78 is 16.1. The predicted octanol–water partition coefficient (Wildman–Crippen LogP) is 3.45. The zero-order chi connectivity index (χ0) is 23.8. The van der Waals surface area contributed by atoms with Crippen LogP contribution in [0.5, 0.6) is 23.0 Å². The summed E-state index contributed by atoms with van der Waals surface area (Å²) in [6.45, 7) is 2.18. The molecule has 2 heterocycles. The van der Waals surface area contributed by atoms with Crippen molar-refractivity contribution < 1.29 is 29.2 Å². The Bertz CT molecular complexity index is 1170. The first-order chi connectivity index (χ1) is 15.9. The van der Waals surface area contributed by atoms with Gasteiger partial charge in [-0.15, -0.1) is 11.8 Å². The number of phenols is 1. The molecule has 4 rings (SSSR count). The first-order valence-corrected chi connectivity index (χ1v) is 11.4. The monoisotopic (exact) mass is 468 g/mol. The number of methoxy groups -OCH3 is 2. The summed E-state index contributed by atoms with van der Waals surface area (Å²) in [6, 6.07) is 12.1. The number of thioether (sulfide) groups is 1. The fourth-order valence-corrected chi connectivity index (χ4v) is 5.59. The molecule has 0 unspecified atom stereocenters. The van der Waals surface area contributed by atoms with Crippen LogP contribution >= 0.6 is 11.8 Å². The minimum Gasteiger partial charge on any atom is -0.504 e. The minimum atomic E-state index is -1.63. The van der Waals surface area contributed by atoms with E-state index in [1.165, 1.54) is 36.9 Å². The molecular weight excluding hydrogens is 444 g/mol. The average molecular weight is 469 g/mol. The molecule has 0 aliphatic carbocycles. The van der Waals surface area contributed by atoms with E-state index < -0.39 is 11.6 Å². The zero-order valence-corrected chi connectivity index (χ0v) is 19.3. The molecule has 172 valence electrons. The number of aromatic hydroxyl groups is 1. The van der Waals surface area contributed by atoms with Crippen molar-refractivity contribution >= 4 is 17.7 Å². The van der Waals surface area contributed by atoms with Crippen molar-refractivity contribution in [1.82, 2.24) is 4.90 Å². The Balaban J connectivity index is 1.77. The Morgan fingerprint density at radius 2 is 1.94 bits per heavy atom. The first-order valence-electron chi connectivity index (χ1n) is 10.4. The number of ether oxygens (including phenoxy) is 3. The second-order valence-electron chi connectivity index (χ2n) is 7.65. The number of amides is 1. The molecule has 9 heteroatoms. The lowest BCUT2D eigenvalue weighted by Gasteiger charge is -2.38. The van der Waals surface area contributed by atoms with Gasteiger partial charge in [0, 0.05) is 17.9 Å². The van der Waals surface area contributed by atoms with Gasteiger partial charge in [0.2, 0.25) is 5.91 Å². The molecule has 2 N–H and O–H groups in total. The maximum Gasteiger partial charge on any atom is 0.231 e. The van der Waals surface area contributed by atoms with Crippen LogP contribution in [0.4, 0.5) is 0 Å². The van der Waals surface area contributed by atoms with Crippen molar-refractivity contribution in [3.8, 4) is 29.1 Å². The molecule has 8 nitrogen and oxygen atoms in total. The second-order valence-corrected chi connectivity index (χ2v) is 8.62. The molecule has 2 atom stereocenters. The van der Waals surface area contributed by atoms with Gasteiger partial charge in [-0.1, -0.05) is 12.1 Å². The third kappa shape index (κ3) is 3.75.